The molecule has 0 saturated heterocycles. The first-order valence-corrected chi connectivity index (χ1v) is 6.25. The molecule has 0 aromatic heterocycles. The zero-order chi connectivity index (χ0) is 11.4. The van der Waals surface area contributed by atoms with E-state index in [1.54, 1.807) is 0 Å². The van der Waals surface area contributed by atoms with Gasteiger partial charge in [-0.2, -0.15) is 0 Å². The molecule has 0 spiro atoms. The van der Waals surface area contributed by atoms with Gasteiger partial charge in [-0.1, -0.05) is 37.3 Å². The molecule has 1 fully saturated rings. The van der Waals surface area contributed by atoms with Crippen molar-refractivity contribution in [3.63, 3.8) is 0 Å². The molecular weight excluding hydrogens is 196 g/mol. The molecule has 16 heavy (non-hydrogen) atoms. The highest BCUT2D eigenvalue weighted by Crippen LogP contribution is 2.50. The molecule has 0 radical (unpaired) electrons. The van der Waals surface area contributed by atoms with Crippen LogP contribution in [0.15, 0.2) is 30.3 Å². The van der Waals surface area contributed by atoms with Gasteiger partial charge in [0, 0.05) is 6.54 Å². The van der Waals surface area contributed by atoms with Crippen molar-refractivity contribution in [3.05, 3.63) is 35.9 Å². The van der Waals surface area contributed by atoms with E-state index in [-0.39, 0.29) is 0 Å². The molecule has 0 amide bonds. The van der Waals surface area contributed by atoms with Crippen molar-refractivity contribution in [2.45, 2.75) is 25.7 Å². The molecule has 1 aliphatic rings. The molecule has 88 valence electrons. The highest BCUT2D eigenvalue weighted by molar-refractivity contribution is 5.24. The van der Waals surface area contributed by atoms with Crippen molar-refractivity contribution in [1.82, 2.24) is 5.32 Å². The molecule has 3 N–H and O–H groups in total. The molecule has 1 saturated carbocycles. The van der Waals surface area contributed by atoms with Gasteiger partial charge in [-0.3, -0.25) is 0 Å². The molecule has 2 rings (SSSR count). The minimum atomic E-state index is 0.358. The van der Waals surface area contributed by atoms with Crippen molar-refractivity contribution in [2.24, 2.45) is 11.1 Å². The van der Waals surface area contributed by atoms with E-state index < -0.39 is 0 Å². The predicted octanol–water partition coefficient (Wildman–Crippen LogP) is 2.12. The summed E-state index contributed by atoms with van der Waals surface area (Å²) in [6.07, 6.45) is 2.47. The third kappa shape index (κ3) is 2.28. The monoisotopic (exact) mass is 218 g/mol. The molecule has 0 aliphatic heterocycles. The first-order chi connectivity index (χ1) is 7.79. The SMILES string of the molecule is CCNCC1(CN)CC(c2ccccc2)C1. The molecule has 2 nitrogen and oxygen atoms in total. The van der Waals surface area contributed by atoms with Crippen LogP contribution < -0.4 is 11.1 Å². The van der Waals surface area contributed by atoms with Crippen molar-refractivity contribution >= 4 is 0 Å². The summed E-state index contributed by atoms with van der Waals surface area (Å²) in [6, 6.07) is 10.8. The Bertz CT molecular complexity index is 315. The van der Waals surface area contributed by atoms with E-state index in [1.807, 2.05) is 0 Å². The second-order valence-corrected chi connectivity index (χ2v) is 5.00. The molecule has 1 aromatic carbocycles. The third-order valence-electron chi connectivity index (χ3n) is 3.81. The fraction of sp³-hybridized carbons (Fsp3) is 0.571. The number of rotatable bonds is 5. The fourth-order valence-electron chi connectivity index (χ4n) is 2.72. The molecule has 0 unspecified atom stereocenters. The van der Waals surface area contributed by atoms with Gasteiger partial charge in [-0.25, -0.2) is 0 Å². The highest BCUT2D eigenvalue weighted by Gasteiger charge is 2.43. The molecule has 0 bridgehead atoms. The van der Waals surface area contributed by atoms with Crippen molar-refractivity contribution in [2.75, 3.05) is 19.6 Å². The van der Waals surface area contributed by atoms with Gasteiger partial charge in [0.05, 0.1) is 0 Å². The van der Waals surface area contributed by atoms with Gasteiger partial charge < -0.3 is 11.1 Å². The predicted molar refractivity (Wildman–Crippen MR) is 68.4 cm³/mol. The van der Waals surface area contributed by atoms with Crippen LogP contribution in [0.5, 0.6) is 0 Å². The number of nitrogens with one attached hydrogen (secondary N) is 1. The normalized spacial score (nSPS) is 28.8. The topological polar surface area (TPSA) is 38.0 Å². The van der Waals surface area contributed by atoms with Gasteiger partial charge in [-0.05, 0) is 42.8 Å². The van der Waals surface area contributed by atoms with E-state index in [0.29, 0.717) is 5.41 Å². The first kappa shape index (κ1) is 11.6. The number of hydrogen-bond acceptors (Lipinski definition) is 2. The van der Waals surface area contributed by atoms with Crippen molar-refractivity contribution in [1.29, 1.82) is 0 Å². The van der Waals surface area contributed by atoms with Crippen LogP contribution in [0.3, 0.4) is 0 Å². The van der Waals surface area contributed by atoms with Gasteiger partial charge in [0.1, 0.15) is 0 Å². The Kier molecular flexibility index (Phi) is 3.62. The van der Waals surface area contributed by atoms with Crippen LogP contribution in [-0.4, -0.2) is 19.6 Å². The van der Waals surface area contributed by atoms with E-state index >= 15 is 0 Å². The van der Waals surface area contributed by atoms with E-state index in [1.165, 1.54) is 18.4 Å². The minimum absolute atomic E-state index is 0.358. The Balaban J connectivity index is 1.92. The summed E-state index contributed by atoms with van der Waals surface area (Å²) in [5.74, 6) is 0.725. The first-order valence-electron chi connectivity index (χ1n) is 6.25. The highest BCUT2D eigenvalue weighted by atomic mass is 14.9. The largest absolute Gasteiger partial charge is 0.330 e. The Morgan fingerprint density at radius 1 is 1.31 bits per heavy atom. The van der Waals surface area contributed by atoms with Crippen LogP contribution in [-0.2, 0) is 0 Å². The zero-order valence-corrected chi connectivity index (χ0v) is 10.1. The van der Waals surface area contributed by atoms with Crippen LogP contribution in [0, 0.1) is 5.41 Å². The summed E-state index contributed by atoms with van der Waals surface area (Å²) in [7, 11) is 0. The summed E-state index contributed by atoms with van der Waals surface area (Å²) in [5.41, 5.74) is 7.74. The van der Waals surface area contributed by atoms with Crippen LogP contribution in [0.25, 0.3) is 0 Å². The van der Waals surface area contributed by atoms with Crippen molar-refractivity contribution in [3.8, 4) is 0 Å². The lowest BCUT2D eigenvalue weighted by Gasteiger charge is -2.47. The lowest BCUT2D eigenvalue weighted by atomic mass is 9.60. The lowest BCUT2D eigenvalue weighted by molar-refractivity contribution is 0.110. The molecule has 0 heterocycles. The molecule has 0 atom stereocenters. The van der Waals surface area contributed by atoms with Crippen LogP contribution in [0.4, 0.5) is 0 Å². The number of hydrogen-bond donors (Lipinski definition) is 2. The van der Waals surface area contributed by atoms with Gasteiger partial charge in [0.2, 0.25) is 0 Å². The van der Waals surface area contributed by atoms with Gasteiger partial charge in [0.15, 0.2) is 0 Å². The molecule has 1 aromatic rings. The molecular formula is C14H22N2. The smallest absolute Gasteiger partial charge is 0.00202 e. The number of nitrogens with two attached hydrogens (primary N) is 1. The van der Waals surface area contributed by atoms with Gasteiger partial charge in [-0.15, -0.1) is 0 Å². The van der Waals surface area contributed by atoms with Gasteiger partial charge in [0.25, 0.3) is 0 Å². The van der Waals surface area contributed by atoms with Gasteiger partial charge >= 0.3 is 0 Å². The maximum atomic E-state index is 5.91. The second kappa shape index (κ2) is 4.98. The maximum Gasteiger partial charge on any atom is 0.00202 e. The van der Waals surface area contributed by atoms with Crippen LogP contribution in [0.1, 0.15) is 31.2 Å². The van der Waals surface area contributed by atoms with E-state index in [0.717, 1.165) is 25.6 Å². The number of benzene rings is 1. The van der Waals surface area contributed by atoms with E-state index in [4.69, 9.17) is 5.73 Å². The standard InChI is InChI=1S/C14H22N2/c1-2-16-11-14(10-15)8-13(9-14)12-6-4-3-5-7-12/h3-7,13,16H,2,8-11,15H2,1H3. The van der Waals surface area contributed by atoms with E-state index in [9.17, 15) is 0 Å². The minimum Gasteiger partial charge on any atom is -0.330 e. The molecule has 1 aliphatic carbocycles. The average Bonchev–Trinajstić information content (AvgIpc) is 2.29. The Labute approximate surface area is 98.2 Å². The average molecular weight is 218 g/mol. The second-order valence-electron chi connectivity index (χ2n) is 5.00. The Morgan fingerprint density at radius 2 is 2.00 bits per heavy atom. The zero-order valence-electron chi connectivity index (χ0n) is 10.1. The van der Waals surface area contributed by atoms with Crippen LogP contribution in [0.2, 0.25) is 0 Å². The Hall–Kier alpha value is -0.860. The summed E-state index contributed by atoms with van der Waals surface area (Å²) in [4.78, 5) is 0. The summed E-state index contributed by atoms with van der Waals surface area (Å²) < 4.78 is 0. The molecule has 2 heteroatoms. The quantitative estimate of drug-likeness (QED) is 0.794. The summed E-state index contributed by atoms with van der Waals surface area (Å²) in [5, 5.41) is 3.43. The van der Waals surface area contributed by atoms with Crippen LogP contribution >= 0.6 is 0 Å². The third-order valence-corrected chi connectivity index (χ3v) is 3.81. The lowest BCUT2D eigenvalue weighted by Crippen LogP contribution is -2.48. The maximum absolute atomic E-state index is 5.91. The summed E-state index contributed by atoms with van der Waals surface area (Å²) in [6.45, 7) is 5.07. The summed E-state index contributed by atoms with van der Waals surface area (Å²) >= 11 is 0. The fourth-order valence-corrected chi connectivity index (χ4v) is 2.72. The van der Waals surface area contributed by atoms with E-state index in [2.05, 4.69) is 42.6 Å². The van der Waals surface area contributed by atoms with Crippen molar-refractivity contribution < 1.29 is 0 Å². The Morgan fingerprint density at radius 3 is 2.56 bits per heavy atom.